The predicted octanol–water partition coefficient (Wildman–Crippen LogP) is 3.14. The van der Waals surface area contributed by atoms with Gasteiger partial charge in [0.1, 0.15) is 11.5 Å². The molecular weight excluding hydrogens is 308 g/mol. The van der Waals surface area contributed by atoms with E-state index in [-0.39, 0.29) is 0 Å². The van der Waals surface area contributed by atoms with E-state index in [4.69, 9.17) is 14.2 Å². The molecule has 0 atom stereocenters. The molecule has 24 heavy (non-hydrogen) atoms. The molecule has 126 valence electrons. The van der Waals surface area contributed by atoms with Gasteiger partial charge in [-0.1, -0.05) is 18.2 Å². The van der Waals surface area contributed by atoms with E-state index >= 15 is 0 Å². The maximum absolute atomic E-state index is 12.2. The van der Waals surface area contributed by atoms with Crippen molar-refractivity contribution in [3.63, 3.8) is 0 Å². The summed E-state index contributed by atoms with van der Waals surface area (Å²) in [5.41, 5.74) is 1.57. The zero-order chi connectivity index (χ0) is 16.8. The van der Waals surface area contributed by atoms with Crippen molar-refractivity contribution in [3.05, 3.63) is 48.5 Å². The lowest BCUT2D eigenvalue weighted by atomic mass is 10.2. The van der Waals surface area contributed by atoms with E-state index in [0.29, 0.717) is 30.4 Å². The fourth-order valence-electron chi connectivity index (χ4n) is 2.55. The van der Waals surface area contributed by atoms with Crippen LogP contribution in [0.2, 0.25) is 0 Å². The van der Waals surface area contributed by atoms with Gasteiger partial charge in [0.25, 0.3) is 0 Å². The number of para-hydroxylation sites is 1. The molecule has 3 rings (SSSR count). The minimum Gasteiger partial charge on any atom is -0.497 e. The van der Waals surface area contributed by atoms with Crippen molar-refractivity contribution in [3.8, 4) is 11.5 Å². The van der Waals surface area contributed by atoms with Gasteiger partial charge in [0, 0.05) is 19.2 Å². The average molecular weight is 328 g/mol. The Bertz CT molecular complexity index is 685. The fraction of sp³-hybridized carbons (Fsp3) is 0.278. The SMILES string of the molecule is COc1ccc(N2CCOCC2)c(NC(=O)Oc2ccccc2)c1. The monoisotopic (exact) mass is 328 g/mol. The number of hydrogen-bond donors (Lipinski definition) is 1. The highest BCUT2D eigenvalue weighted by atomic mass is 16.6. The van der Waals surface area contributed by atoms with Crippen LogP contribution in [0.5, 0.6) is 11.5 Å². The Morgan fingerprint density at radius 3 is 2.54 bits per heavy atom. The van der Waals surface area contributed by atoms with E-state index in [9.17, 15) is 4.79 Å². The first-order chi connectivity index (χ1) is 11.8. The number of nitrogens with zero attached hydrogens (tertiary/aromatic N) is 1. The van der Waals surface area contributed by atoms with Gasteiger partial charge in [-0.3, -0.25) is 5.32 Å². The maximum atomic E-state index is 12.2. The van der Waals surface area contributed by atoms with Gasteiger partial charge in [0.2, 0.25) is 0 Å². The summed E-state index contributed by atoms with van der Waals surface area (Å²) >= 11 is 0. The molecule has 0 aliphatic carbocycles. The lowest BCUT2D eigenvalue weighted by Gasteiger charge is -2.30. The van der Waals surface area contributed by atoms with Crippen molar-refractivity contribution in [1.82, 2.24) is 0 Å². The molecule has 0 spiro atoms. The van der Waals surface area contributed by atoms with Crippen LogP contribution in [0.3, 0.4) is 0 Å². The van der Waals surface area contributed by atoms with Crippen LogP contribution in [-0.2, 0) is 4.74 Å². The highest BCUT2D eigenvalue weighted by Gasteiger charge is 2.17. The second kappa shape index (κ2) is 7.70. The van der Waals surface area contributed by atoms with Gasteiger partial charge >= 0.3 is 6.09 Å². The number of carbonyl (C=O) groups excluding carboxylic acids is 1. The third kappa shape index (κ3) is 3.97. The summed E-state index contributed by atoms with van der Waals surface area (Å²) < 4.78 is 15.9. The van der Waals surface area contributed by atoms with Gasteiger partial charge in [0.15, 0.2) is 0 Å². The molecule has 1 amide bonds. The van der Waals surface area contributed by atoms with E-state index < -0.39 is 6.09 Å². The minimum atomic E-state index is -0.538. The van der Waals surface area contributed by atoms with E-state index in [1.54, 1.807) is 25.3 Å². The number of benzene rings is 2. The molecule has 1 aliphatic heterocycles. The predicted molar refractivity (Wildman–Crippen MR) is 92.1 cm³/mol. The van der Waals surface area contributed by atoms with Crippen molar-refractivity contribution in [2.75, 3.05) is 43.6 Å². The lowest BCUT2D eigenvalue weighted by molar-refractivity contribution is 0.123. The summed E-state index contributed by atoms with van der Waals surface area (Å²) in [6, 6.07) is 14.5. The van der Waals surface area contributed by atoms with E-state index in [1.807, 2.05) is 30.3 Å². The standard InChI is InChI=1S/C18H20N2O4/c1-22-15-7-8-17(20-9-11-23-12-10-20)16(13-15)19-18(21)24-14-5-3-2-4-6-14/h2-8,13H,9-12H2,1H3,(H,19,21). The molecule has 6 nitrogen and oxygen atoms in total. The Morgan fingerprint density at radius 1 is 1.08 bits per heavy atom. The molecule has 6 heteroatoms. The topological polar surface area (TPSA) is 60.0 Å². The first kappa shape index (κ1) is 16.1. The third-order valence-electron chi connectivity index (χ3n) is 3.75. The smallest absolute Gasteiger partial charge is 0.417 e. The molecule has 1 N–H and O–H groups in total. The van der Waals surface area contributed by atoms with Gasteiger partial charge in [-0.2, -0.15) is 0 Å². The summed E-state index contributed by atoms with van der Waals surface area (Å²) in [6.07, 6.45) is -0.538. The van der Waals surface area contributed by atoms with Crippen molar-refractivity contribution in [1.29, 1.82) is 0 Å². The summed E-state index contributed by atoms with van der Waals surface area (Å²) in [6.45, 7) is 2.88. The summed E-state index contributed by atoms with van der Waals surface area (Å²) in [4.78, 5) is 14.4. The molecule has 0 radical (unpaired) electrons. The molecular formula is C18H20N2O4. The molecule has 0 saturated carbocycles. The summed E-state index contributed by atoms with van der Waals surface area (Å²) in [5.74, 6) is 1.16. The van der Waals surface area contributed by atoms with Crippen LogP contribution in [0, 0.1) is 0 Å². The average Bonchev–Trinajstić information content (AvgIpc) is 2.63. The Kier molecular flexibility index (Phi) is 5.18. The molecule has 1 fully saturated rings. The van der Waals surface area contributed by atoms with Gasteiger partial charge in [-0.05, 0) is 24.3 Å². The number of carbonyl (C=O) groups is 1. The molecule has 1 heterocycles. The number of methoxy groups -OCH3 is 1. The number of amides is 1. The van der Waals surface area contributed by atoms with Gasteiger partial charge in [0.05, 0.1) is 31.7 Å². The molecule has 1 aliphatic rings. The number of hydrogen-bond acceptors (Lipinski definition) is 5. The molecule has 0 bridgehead atoms. The number of rotatable bonds is 4. The second-order valence-corrected chi connectivity index (χ2v) is 5.31. The van der Waals surface area contributed by atoms with Gasteiger partial charge < -0.3 is 19.1 Å². The fourth-order valence-corrected chi connectivity index (χ4v) is 2.55. The Hall–Kier alpha value is -2.73. The number of ether oxygens (including phenoxy) is 3. The summed E-state index contributed by atoms with van der Waals surface area (Å²) in [5, 5.41) is 2.81. The lowest BCUT2D eigenvalue weighted by Crippen LogP contribution is -2.36. The maximum Gasteiger partial charge on any atom is 0.417 e. The van der Waals surface area contributed by atoms with Crippen LogP contribution < -0.4 is 19.7 Å². The number of morpholine rings is 1. The highest BCUT2D eigenvalue weighted by Crippen LogP contribution is 2.31. The Balaban J connectivity index is 1.78. The van der Waals surface area contributed by atoms with Crippen molar-refractivity contribution in [2.45, 2.75) is 0 Å². The zero-order valence-corrected chi connectivity index (χ0v) is 13.5. The first-order valence-corrected chi connectivity index (χ1v) is 7.81. The third-order valence-corrected chi connectivity index (χ3v) is 3.75. The van der Waals surface area contributed by atoms with Gasteiger partial charge in [-0.15, -0.1) is 0 Å². The largest absolute Gasteiger partial charge is 0.497 e. The van der Waals surface area contributed by atoms with Crippen molar-refractivity contribution >= 4 is 17.5 Å². The van der Waals surface area contributed by atoms with E-state index in [1.165, 1.54) is 0 Å². The van der Waals surface area contributed by atoms with Crippen LogP contribution in [0.25, 0.3) is 0 Å². The Labute approximate surface area is 140 Å². The minimum absolute atomic E-state index is 0.491. The van der Waals surface area contributed by atoms with Crippen molar-refractivity contribution in [2.24, 2.45) is 0 Å². The van der Waals surface area contributed by atoms with Crippen LogP contribution in [0.4, 0.5) is 16.2 Å². The Morgan fingerprint density at radius 2 is 1.83 bits per heavy atom. The number of anilines is 2. The molecule has 0 aromatic heterocycles. The second-order valence-electron chi connectivity index (χ2n) is 5.31. The number of nitrogens with one attached hydrogen (secondary N) is 1. The van der Waals surface area contributed by atoms with Crippen molar-refractivity contribution < 1.29 is 19.0 Å². The summed E-state index contributed by atoms with van der Waals surface area (Å²) in [7, 11) is 1.59. The molecule has 2 aromatic rings. The van der Waals surface area contributed by atoms with Gasteiger partial charge in [-0.25, -0.2) is 4.79 Å². The van der Waals surface area contributed by atoms with E-state index in [2.05, 4.69) is 10.2 Å². The van der Waals surface area contributed by atoms with Crippen LogP contribution >= 0.6 is 0 Å². The quantitative estimate of drug-likeness (QED) is 0.934. The molecule has 0 unspecified atom stereocenters. The van der Waals surface area contributed by atoms with E-state index in [0.717, 1.165) is 18.8 Å². The molecule has 2 aromatic carbocycles. The van der Waals surface area contributed by atoms with Crippen LogP contribution in [0.15, 0.2) is 48.5 Å². The zero-order valence-electron chi connectivity index (χ0n) is 13.5. The molecule has 1 saturated heterocycles. The first-order valence-electron chi connectivity index (χ1n) is 7.81. The highest BCUT2D eigenvalue weighted by molar-refractivity contribution is 5.91. The van der Waals surface area contributed by atoms with Crippen LogP contribution in [-0.4, -0.2) is 39.5 Å². The normalized spacial score (nSPS) is 14.1. The van der Waals surface area contributed by atoms with Crippen LogP contribution in [0.1, 0.15) is 0 Å².